The number of aryl methyl sites for hydroxylation is 2. The van der Waals surface area contributed by atoms with Crippen LogP contribution in [0.1, 0.15) is 62.2 Å². The Bertz CT molecular complexity index is 2780. The van der Waals surface area contributed by atoms with E-state index in [1.54, 1.807) is 30.3 Å². The minimum absolute atomic E-state index is 0.0165. The topological polar surface area (TPSA) is 191 Å². The van der Waals surface area contributed by atoms with Gasteiger partial charge in [-0.2, -0.15) is 17.9 Å². The first kappa shape index (κ1) is 40.8. The van der Waals surface area contributed by atoms with Crippen LogP contribution in [-0.4, -0.2) is 73.3 Å². The van der Waals surface area contributed by atoms with Crippen molar-refractivity contribution in [1.82, 2.24) is 35.3 Å². The lowest BCUT2D eigenvalue weighted by Gasteiger charge is -2.27. The number of imidazole rings is 1. The summed E-state index contributed by atoms with van der Waals surface area (Å²) < 4.78 is 41.3. The number of fused-ring (bicyclic) bond motifs is 2. The zero-order valence-electron chi connectivity index (χ0n) is 32.1. The van der Waals surface area contributed by atoms with E-state index in [9.17, 15) is 41.9 Å². The number of carbonyl (C=O) groups excluding carboxylic acids is 5. The number of amides is 5. The predicted molar refractivity (Wildman–Crippen MR) is 218 cm³/mol. The van der Waals surface area contributed by atoms with Gasteiger partial charge in [0.25, 0.3) is 17.4 Å². The third kappa shape index (κ3) is 8.41. The van der Waals surface area contributed by atoms with Crippen LogP contribution in [0.15, 0.2) is 89.7 Å². The molecule has 14 nitrogen and oxygen atoms in total. The molecule has 4 heterocycles. The van der Waals surface area contributed by atoms with Crippen molar-refractivity contribution < 1.29 is 37.1 Å². The Morgan fingerprint density at radius 1 is 0.869 bits per heavy atom. The van der Waals surface area contributed by atoms with Crippen LogP contribution in [0.25, 0.3) is 28.2 Å². The number of hydrogen-bond acceptors (Lipinski definition) is 8. The fraction of sp³-hybridized carbons (Fsp3) is 0.233. The van der Waals surface area contributed by atoms with E-state index in [4.69, 9.17) is 11.6 Å². The molecule has 0 spiro atoms. The number of aromatic nitrogens is 4. The summed E-state index contributed by atoms with van der Waals surface area (Å²) in [7, 11) is 0. The Hall–Kier alpha value is -7.01. The van der Waals surface area contributed by atoms with Gasteiger partial charge in [0, 0.05) is 42.2 Å². The van der Waals surface area contributed by atoms with Gasteiger partial charge in [0.1, 0.15) is 6.04 Å². The van der Waals surface area contributed by atoms with E-state index in [1.165, 1.54) is 22.9 Å². The van der Waals surface area contributed by atoms with Crippen molar-refractivity contribution in [3.8, 4) is 17.2 Å². The number of carbonyl (C=O) groups is 5. The Kier molecular flexibility index (Phi) is 11.1. The number of halogens is 4. The average Bonchev–Trinajstić information content (AvgIpc) is 3.88. The van der Waals surface area contributed by atoms with E-state index in [1.807, 2.05) is 24.3 Å². The highest BCUT2D eigenvalue weighted by molar-refractivity contribution is 6.31. The Balaban J connectivity index is 0.863. The Morgan fingerprint density at radius 3 is 2.33 bits per heavy atom. The Labute approximate surface area is 349 Å². The standard InChI is InChI=1S/C43H36ClF3N8O6/c44-27-14-16-30-32(22-27)51-42(50-30)55-40(60)29(37(53-55)25-10-12-26(13-11-25)43(45,46)47)15-8-23-4-6-24(7-5-23)9-18-34(56)49-21-20-48-31-3-1-2-28-36(31)41(61)54(39(28)59)33-17-19-35(57)52-38(33)58/h1-7,10-14,16,22,33,48,53H,8-9,15,17-21H2,(H,49,56)(H,50,51)(H,52,57,58). The predicted octanol–water partition coefficient (Wildman–Crippen LogP) is 5.73. The summed E-state index contributed by atoms with van der Waals surface area (Å²) in [6, 6.07) is 20.9. The van der Waals surface area contributed by atoms with Gasteiger partial charge in [0.2, 0.25) is 23.7 Å². The summed E-state index contributed by atoms with van der Waals surface area (Å²) in [5, 5.41) is 11.6. The molecule has 2 aliphatic rings. The van der Waals surface area contributed by atoms with Gasteiger partial charge in [0.15, 0.2) is 0 Å². The van der Waals surface area contributed by atoms with Crippen LogP contribution in [-0.2, 0) is 39.8 Å². The molecule has 1 fully saturated rings. The van der Waals surface area contributed by atoms with Crippen LogP contribution in [0.2, 0.25) is 5.02 Å². The highest BCUT2D eigenvalue weighted by Gasteiger charge is 2.45. The van der Waals surface area contributed by atoms with E-state index >= 15 is 0 Å². The summed E-state index contributed by atoms with van der Waals surface area (Å²) in [5.74, 6) is -2.40. The molecule has 0 saturated carbocycles. The maximum atomic E-state index is 13.9. The molecule has 61 heavy (non-hydrogen) atoms. The van der Waals surface area contributed by atoms with Crippen LogP contribution >= 0.6 is 11.6 Å². The molecule has 4 aromatic carbocycles. The maximum absolute atomic E-state index is 13.9. The lowest BCUT2D eigenvalue weighted by atomic mass is 9.99. The van der Waals surface area contributed by atoms with E-state index in [0.29, 0.717) is 51.4 Å². The largest absolute Gasteiger partial charge is 0.416 e. The molecule has 1 unspecified atom stereocenters. The van der Waals surface area contributed by atoms with Crippen LogP contribution in [0, 0.1) is 0 Å². The van der Waals surface area contributed by atoms with Crippen molar-refractivity contribution in [2.24, 2.45) is 0 Å². The number of nitrogens with one attached hydrogen (secondary N) is 5. The van der Waals surface area contributed by atoms with E-state index in [-0.39, 0.29) is 61.8 Å². The SMILES string of the molecule is O=C(CCc1ccc(CCc2c(-c3ccc(C(F)(F)F)cc3)[nH]n(-c3nc4ccc(Cl)cc4[nH]3)c2=O)cc1)NCCNc1cccc2c1C(=O)N(C1CCC(=O)NC1=O)C2=O. The van der Waals surface area contributed by atoms with Crippen LogP contribution in [0.5, 0.6) is 0 Å². The second kappa shape index (κ2) is 16.6. The van der Waals surface area contributed by atoms with Gasteiger partial charge in [-0.05, 0) is 84.8 Å². The number of hydrogen-bond donors (Lipinski definition) is 5. The number of anilines is 1. The molecule has 2 aromatic heterocycles. The number of nitrogens with zero attached hydrogens (tertiary/aromatic N) is 3. The second-order valence-electron chi connectivity index (χ2n) is 14.7. The molecule has 0 bridgehead atoms. The number of piperidine rings is 1. The highest BCUT2D eigenvalue weighted by atomic mass is 35.5. The zero-order chi connectivity index (χ0) is 43.0. The monoisotopic (exact) mass is 852 g/mol. The zero-order valence-corrected chi connectivity index (χ0v) is 32.9. The van der Waals surface area contributed by atoms with Gasteiger partial charge in [-0.15, -0.1) is 0 Å². The van der Waals surface area contributed by atoms with E-state index in [2.05, 4.69) is 31.0 Å². The first-order valence-electron chi connectivity index (χ1n) is 19.4. The van der Waals surface area contributed by atoms with Gasteiger partial charge in [-0.25, -0.2) is 4.98 Å². The number of alkyl halides is 3. The van der Waals surface area contributed by atoms with Crippen molar-refractivity contribution in [3.05, 3.63) is 134 Å². The van der Waals surface area contributed by atoms with E-state index < -0.39 is 47.0 Å². The fourth-order valence-electron chi connectivity index (χ4n) is 7.54. The normalized spacial score (nSPS) is 15.3. The molecule has 6 aromatic rings. The minimum Gasteiger partial charge on any atom is -0.383 e. The Morgan fingerprint density at radius 2 is 1.61 bits per heavy atom. The lowest BCUT2D eigenvalue weighted by Crippen LogP contribution is -2.54. The van der Waals surface area contributed by atoms with Crippen LogP contribution in [0.3, 0.4) is 0 Å². The quantitative estimate of drug-likeness (QED) is 0.0719. The smallest absolute Gasteiger partial charge is 0.383 e. The third-order valence-electron chi connectivity index (χ3n) is 10.7. The van der Waals surface area contributed by atoms with Crippen molar-refractivity contribution in [2.45, 2.75) is 50.7 Å². The number of aromatic amines is 2. The van der Waals surface area contributed by atoms with Crippen molar-refractivity contribution in [1.29, 1.82) is 0 Å². The third-order valence-corrected chi connectivity index (χ3v) is 10.9. The van der Waals surface area contributed by atoms with Crippen molar-refractivity contribution >= 4 is 57.9 Å². The molecule has 5 amide bonds. The van der Waals surface area contributed by atoms with E-state index in [0.717, 1.165) is 28.2 Å². The molecular weight excluding hydrogens is 817 g/mol. The second-order valence-corrected chi connectivity index (χ2v) is 15.1. The molecule has 312 valence electrons. The van der Waals surface area contributed by atoms with Crippen molar-refractivity contribution in [2.75, 3.05) is 18.4 Å². The molecule has 2 aliphatic heterocycles. The lowest BCUT2D eigenvalue weighted by molar-refractivity contribution is -0.138. The molecule has 0 aliphatic carbocycles. The van der Waals surface area contributed by atoms with Crippen LogP contribution < -0.4 is 21.5 Å². The van der Waals surface area contributed by atoms with Gasteiger partial charge in [-0.3, -0.25) is 44.1 Å². The maximum Gasteiger partial charge on any atom is 0.416 e. The fourth-order valence-corrected chi connectivity index (χ4v) is 7.71. The molecule has 8 rings (SSSR count). The van der Waals surface area contributed by atoms with Gasteiger partial charge >= 0.3 is 6.18 Å². The number of rotatable bonds is 13. The number of imide groups is 2. The molecule has 0 radical (unpaired) electrons. The summed E-state index contributed by atoms with van der Waals surface area (Å²) in [6.07, 6.45) is -3.12. The highest BCUT2D eigenvalue weighted by Crippen LogP contribution is 2.33. The number of H-pyrrole nitrogens is 2. The molecule has 1 saturated heterocycles. The minimum atomic E-state index is -4.52. The summed E-state index contributed by atoms with van der Waals surface area (Å²) in [4.78, 5) is 85.5. The summed E-state index contributed by atoms with van der Waals surface area (Å²) in [6.45, 7) is 0.469. The van der Waals surface area contributed by atoms with Gasteiger partial charge in [0.05, 0.1) is 33.4 Å². The van der Waals surface area contributed by atoms with Crippen LogP contribution in [0.4, 0.5) is 18.9 Å². The van der Waals surface area contributed by atoms with Crippen molar-refractivity contribution in [3.63, 3.8) is 0 Å². The van der Waals surface area contributed by atoms with Gasteiger partial charge < -0.3 is 15.6 Å². The van der Waals surface area contributed by atoms with Gasteiger partial charge in [-0.1, -0.05) is 54.1 Å². The molecule has 1 atom stereocenters. The molecule has 5 N–H and O–H groups in total. The molecular formula is C43H36ClF3N8O6. The first-order chi connectivity index (χ1) is 29.2. The average molecular weight is 853 g/mol. The first-order valence-corrected chi connectivity index (χ1v) is 19.7. The summed E-state index contributed by atoms with van der Waals surface area (Å²) in [5.41, 5.74) is 3.54. The number of benzene rings is 4. The summed E-state index contributed by atoms with van der Waals surface area (Å²) >= 11 is 6.13. The molecule has 18 heteroatoms.